The number of hydrogen-bond acceptors (Lipinski definition) is 12. The second-order valence-electron chi connectivity index (χ2n) is 8.97. The summed E-state index contributed by atoms with van der Waals surface area (Å²) in [5, 5.41) is 4.37. The van der Waals surface area contributed by atoms with Gasteiger partial charge in [0.25, 0.3) is 11.8 Å². The highest BCUT2D eigenvalue weighted by molar-refractivity contribution is 6.32. The quantitative estimate of drug-likeness (QED) is 0.167. The molecule has 0 atom stereocenters. The van der Waals surface area contributed by atoms with Crippen molar-refractivity contribution in [1.29, 1.82) is 0 Å². The van der Waals surface area contributed by atoms with Crippen LogP contribution < -0.4 is 45.0 Å². The molecule has 0 aliphatic heterocycles. The van der Waals surface area contributed by atoms with E-state index in [2.05, 4.69) is 40.6 Å². The van der Waals surface area contributed by atoms with Crippen molar-refractivity contribution in [3.8, 4) is 0 Å². The molecular weight excluding hydrogens is 527 g/mol. The molecule has 2 heterocycles. The van der Waals surface area contributed by atoms with Crippen LogP contribution >= 0.6 is 23.2 Å². The lowest BCUT2D eigenvalue weighted by molar-refractivity contribution is 0.0964. The van der Waals surface area contributed by atoms with Gasteiger partial charge in [-0.15, -0.1) is 0 Å². The molecule has 2 aromatic heterocycles. The first-order valence-corrected chi connectivity index (χ1v) is 11.2. The average Bonchev–Trinajstić information content (AvgIpc) is 2.70. The van der Waals surface area contributed by atoms with Crippen molar-refractivity contribution in [3.63, 3.8) is 0 Å². The summed E-state index contributed by atoms with van der Waals surface area (Å²) in [6.45, 7) is 7.00. The third kappa shape index (κ3) is 7.91. The number of nitrogens with one attached hydrogen (secondary N) is 2. The van der Waals surface area contributed by atoms with E-state index >= 15 is 0 Å². The van der Waals surface area contributed by atoms with Gasteiger partial charge in [-0.1, -0.05) is 23.2 Å². The Morgan fingerprint density at radius 1 is 0.703 bits per heavy atom. The lowest BCUT2D eigenvalue weighted by atomic mass is 9.88. The number of hydrogen-bond donors (Lipinski definition) is 8. The second-order valence-corrected chi connectivity index (χ2v) is 9.69. The largest absolute Gasteiger partial charge is 0.382 e. The first-order valence-electron chi connectivity index (χ1n) is 10.4. The van der Waals surface area contributed by atoms with E-state index in [1.807, 2.05) is 0 Å². The van der Waals surface area contributed by atoms with E-state index in [4.69, 9.17) is 57.6 Å². The van der Waals surface area contributed by atoms with Crippen molar-refractivity contribution < 1.29 is 9.59 Å². The molecule has 200 valence electrons. The Morgan fingerprint density at radius 2 is 1.03 bits per heavy atom. The van der Waals surface area contributed by atoms with Crippen LogP contribution in [-0.2, 0) is 0 Å². The van der Waals surface area contributed by atoms with Crippen LogP contribution in [0.2, 0.25) is 10.3 Å². The lowest BCUT2D eigenvalue weighted by Crippen LogP contribution is -2.43. The van der Waals surface area contributed by atoms with Crippen molar-refractivity contribution >= 4 is 70.2 Å². The summed E-state index contributed by atoms with van der Waals surface area (Å²) in [7, 11) is 0. The lowest BCUT2D eigenvalue weighted by Gasteiger charge is -2.30. The number of halogens is 2. The number of aromatic nitrogens is 4. The van der Waals surface area contributed by atoms with Crippen molar-refractivity contribution in [2.45, 2.75) is 45.2 Å². The number of amides is 2. The van der Waals surface area contributed by atoms with Gasteiger partial charge in [0.2, 0.25) is 0 Å². The van der Waals surface area contributed by atoms with E-state index in [-0.39, 0.29) is 63.3 Å². The summed E-state index contributed by atoms with van der Waals surface area (Å²) >= 11 is 11.6. The number of nitrogens with two attached hydrogens (primary N) is 6. The van der Waals surface area contributed by atoms with Crippen LogP contribution in [0.1, 0.15) is 55.1 Å². The predicted octanol–water partition coefficient (Wildman–Crippen LogP) is -0.361. The van der Waals surface area contributed by atoms with Crippen LogP contribution in [0.15, 0.2) is 9.98 Å². The fraction of sp³-hybridized carbons (Fsp3) is 0.368. The Bertz CT molecular complexity index is 1190. The minimum atomic E-state index is -0.856. The average molecular weight is 555 g/mol. The van der Waals surface area contributed by atoms with Gasteiger partial charge >= 0.3 is 0 Å². The highest BCUT2D eigenvalue weighted by Gasteiger charge is 2.30. The van der Waals surface area contributed by atoms with Gasteiger partial charge in [-0.25, -0.2) is 29.9 Å². The Balaban J connectivity index is 2.12. The highest BCUT2D eigenvalue weighted by atomic mass is 35.5. The first-order chi connectivity index (χ1) is 16.9. The molecule has 2 aromatic rings. The Kier molecular flexibility index (Phi) is 8.51. The zero-order chi connectivity index (χ0) is 28.3. The normalized spacial score (nSPS) is 12.8. The molecule has 18 heteroatoms. The van der Waals surface area contributed by atoms with E-state index in [9.17, 15) is 9.59 Å². The molecule has 0 aliphatic rings. The number of guanidine groups is 2. The van der Waals surface area contributed by atoms with E-state index in [0.29, 0.717) is 0 Å². The van der Waals surface area contributed by atoms with Crippen LogP contribution in [-0.4, -0.2) is 54.7 Å². The third-order valence-corrected chi connectivity index (χ3v) is 4.99. The number of carbonyl (C=O) groups is 2. The Hall–Kier alpha value is -4.18. The minimum Gasteiger partial charge on any atom is -0.382 e. The molecule has 0 saturated heterocycles. The molecule has 0 radical (unpaired) electrons. The molecule has 2 rings (SSSR count). The maximum Gasteiger partial charge on any atom is 0.280 e. The topological polar surface area (TPSA) is 291 Å². The fourth-order valence-electron chi connectivity index (χ4n) is 3.41. The van der Waals surface area contributed by atoms with Gasteiger partial charge in [0.1, 0.15) is 0 Å². The molecular formula is C19H28Cl2N14O2. The molecule has 0 aliphatic carbocycles. The summed E-state index contributed by atoms with van der Waals surface area (Å²) in [6, 6.07) is 0. The summed E-state index contributed by atoms with van der Waals surface area (Å²) in [5.74, 6) is -2.70. The van der Waals surface area contributed by atoms with Crippen molar-refractivity contribution in [3.05, 3.63) is 21.7 Å². The van der Waals surface area contributed by atoms with Crippen molar-refractivity contribution in [2.24, 2.45) is 21.5 Å². The second kappa shape index (κ2) is 10.8. The SMILES string of the molecule is CC(C)(CC(C)(C)N=C(N)NC(=O)c1nc(Cl)c(N)nc1N)N=C(N)NC(=O)c1nc(Cl)c(N)nc1N. The molecule has 2 amide bonds. The van der Waals surface area contributed by atoms with Gasteiger partial charge in [0.15, 0.2) is 56.9 Å². The third-order valence-electron chi connectivity index (χ3n) is 4.43. The Morgan fingerprint density at radius 3 is 1.35 bits per heavy atom. The maximum absolute atomic E-state index is 12.5. The standard InChI is InChI=1S/C19H28Cl2N14O2/c1-18(2,34-16(26)32-14(36)6-10(22)30-12(24)8(20)28-6)5-19(3,4)35-17(27)33-15(37)7-11(23)31-13(25)9(21)29-7/h5H2,1-4H3,(H4,22,24,30)(H4,23,25,31)(H3,26,32,34,36)(H3,27,33,35,37). The number of rotatable bonds is 6. The zero-order valence-corrected chi connectivity index (χ0v) is 21.9. The van der Waals surface area contributed by atoms with Crippen LogP contribution in [0.25, 0.3) is 0 Å². The number of nitrogens with zero attached hydrogens (tertiary/aromatic N) is 6. The van der Waals surface area contributed by atoms with Gasteiger partial charge in [0, 0.05) is 0 Å². The van der Waals surface area contributed by atoms with Gasteiger partial charge in [-0.3, -0.25) is 20.2 Å². The van der Waals surface area contributed by atoms with Crippen molar-refractivity contribution in [1.82, 2.24) is 30.6 Å². The number of aliphatic imine (C=N–C) groups is 2. The molecule has 37 heavy (non-hydrogen) atoms. The smallest absolute Gasteiger partial charge is 0.280 e. The molecule has 0 fully saturated rings. The Labute approximate surface area is 221 Å². The molecule has 0 spiro atoms. The summed E-state index contributed by atoms with van der Waals surface area (Å²) < 4.78 is 0. The van der Waals surface area contributed by atoms with Crippen LogP contribution in [0.4, 0.5) is 23.3 Å². The molecule has 0 aromatic carbocycles. The number of anilines is 4. The molecule has 16 nitrogen and oxygen atoms in total. The highest BCUT2D eigenvalue weighted by Crippen LogP contribution is 2.26. The molecule has 14 N–H and O–H groups in total. The monoisotopic (exact) mass is 554 g/mol. The fourth-order valence-corrected chi connectivity index (χ4v) is 3.67. The van der Waals surface area contributed by atoms with E-state index < -0.39 is 22.9 Å². The van der Waals surface area contributed by atoms with Gasteiger partial charge in [-0.2, -0.15) is 0 Å². The van der Waals surface area contributed by atoms with Crippen molar-refractivity contribution in [2.75, 3.05) is 22.9 Å². The van der Waals surface area contributed by atoms with E-state index in [1.165, 1.54) is 0 Å². The van der Waals surface area contributed by atoms with Crippen LogP contribution in [0.5, 0.6) is 0 Å². The van der Waals surface area contributed by atoms with Gasteiger partial charge in [0.05, 0.1) is 11.1 Å². The zero-order valence-electron chi connectivity index (χ0n) is 20.4. The first kappa shape index (κ1) is 29.1. The molecule has 0 bridgehead atoms. The summed E-state index contributed by atoms with van der Waals surface area (Å²) in [4.78, 5) is 48.7. The summed E-state index contributed by atoms with van der Waals surface area (Å²) in [6.07, 6.45) is 0.276. The minimum absolute atomic E-state index is 0.120. The maximum atomic E-state index is 12.5. The van der Waals surface area contributed by atoms with Gasteiger partial charge in [-0.05, 0) is 34.1 Å². The molecule has 0 saturated carbocycles. The van der Waals surface area contributed by atoms with Gasteiger partial charge < -0.3 is 34.4 Å². The number of carbonyl (C=O) groups excluding carboxylic acids is 2. The van der Waals surface area contributed by atoms with E-state index in [0.717, 1.165) is 0 Å². The number of nitrogen functional groups attached to an aromatic ring is 4. The van der Waals surface area contributed by atoms with Crippen LogP contribution in [0.3, 0.4) is 0 Å². The predicted molar refractivity (Wildman–Crippen MR) is 143 cm³/mol. The summed E-state index contributed by atoms with van der Waals surface area (Å²) in [5.41, 5.74) is 32.0. The van der Waals surface area contributed by atoms with E-state index in [1.54, 1.807) is 27.7 Å². The van der Waals surface area contributed by atoms with Crippen LogP contribution in [0, 0.1) is 0 Å². The molecule has 0 unspecified atom stereocenters.